The SMILES string of the molecule is CCCNc1ccnc(C(=O)Nc2cc(Cl)ccc2Br)c1. The molecule has 0 saturated heterocycles. The smallest absolute Gasteiger partial charge is 0.274 e. The lowest BCUT2D eigenvalue weighted by molar-refractivity contribution is 0.102. The Morgan fingerprint density at radius 3 is 2.90 bits per heavy atom. The zero-order chi connectivity index (χ0) is 15.2. The van der Waals surface area contributed by atoms with E-state index in [9.17, 15) is 4.79 Å². The van der Waals surface area contributed by atoms with E-state index in [1.54, 1.807) is 30.5 Å². The number of hydrogen-bond donors (Lipinski definition) is 2. The molecule has 0 unspecified atom stereocenters. The highest BCUT2D eigenvalue weighted by Crippen LogP contribution is 2.26. The van der Waals surface area contributed by atoms with E-state index in [-0.39, 0.29) is 5.91 Å². The van der Waals surface area contributed by atoms with Gasteiger partial charge in [-0.1, -0.05) is 18.5 Å². The first-order valence-electron chi connectivity index (χ1n) is 6.56. The third-order valence-corrected chi connectivity index (χ3v) is 3.67. The number of nitrogens with zero attached hydrogens (tertiary/aromatic N) is 1. The number of anilines is 2. The molecule has 0 aliphatic heterocycles. The molecule has 4 nitrogen and oxygen atoms in total. The Labute approximate surface area is 137 Å². The monoisotopic (exact) mass is 367 g/mol. The first-order chi connectivity index (χ1) is 10.1. The predicted octanol–water partition coefficient (Wildman–Crippen LogP) is 4.57. The lowest BCUT2D eigenvalue weighted by Crippen LogP contribution is -2.14. The van der Waals surface area contributed by atoms with E-state index in [4.69, 9.17) is 11.6 Å². The molecule has 1 amide bonds. The largest absolute Gasteiger partial charge is 0.385 e. The lowest BCUT2D eigenvalue weighted by Gasteiger charge is -2.09. The standard InChI is InChI=1S/C15H15BrClN3O/c1-2-6-18-11-5-7-19-14(9-11)15(21)20-13-8-10(17)3-4-12(13)16/h3-5,7-9H,2,6H2,1H3,(H,18,19)(H,20,21). The van der Waals surface area contributed by atoms with Crippen LogP contribution in [0.25, 0.3) is 0 Å². The molecular weight excluding hydrogens is 354 g/mol. The minimum Gasteiger partial charge on any atom is -0.385 e. The fraction of sp³-hybridized carbons (Fsp3) is 0.200. The van der Waals surface area contributed by atoms with Crippen LogP contribution in [0, 0.1) is 0 Å². The Morgan fingerprint density at radius 2 is 2.14 bits per heavy atom. The summed E-state index contributed by atoms with van der Waals surface area (Å²) in [4.78, 5) is 16.3. The highest BCUT2D eigenvalue weighted by molar-refractivity contribution is 9.10. The third-order valence-electron chi connectivity index (χ3n) is 2.75. The Kier molecular flexibility index (Phi) is 5.59. The van der Waals surface area contributed by atoms with Crippen molar-refractivity contribution < 1.29 is 4.79 Å². The topological polar surface area (TPSA) is 54.0 Å². The Morgan fingerprint density at radius 1 is 1.33 bits per heavy atom. The Hall–Kier alpha value is -1.59. The summed E-state index contributed by atoms with van der Waals surface area (Å²) in [6.45, 7) is 2.93. The number of pyridine rings is 1. The van der Waals surface area contributed by atoms with Gasteiger partial charge in [0, 0.05) is 27.9 Å². The maximum Gasteiger partial charge on any atom is 0.274 e. The second-order valence-electron chi connectivity index (χ2n) is 4.43. The van der Waals surface area contributed by atoms with E-state index in [0.717, 1.165) is 23.1 Å². The summed E-state index contributed by atoms with van der Waals surface area (Å²) < 4.78 is 0.764. The van der Waals surface area contributed by atoms with E-state index in [1.165, 1.54) is 0 Å². The minimum atomic E-state index is -0.280. The summed E-state index contributed by atoms with van der Waals surface area (Å²) >= 11 is 9.30. The molecule has 6 heteroatoms. The fourth-order valence-corrected chi connectivity index (χ4v) is 2.23. The van der Waals surface area contributed by atoms with Crippen LogP contribution in [-0.2, 0) is 0 Å². The minimum absolute atomic E-state index is 0.280. The van der Waals surface area contributed by atoms with Crippen LogP contribution in [-0.4, -0.2) is 17.4 Å². The van der Waals surface area contributed by atoms with Crippen molar-refractivity contribution in [2.24, 2.45) is 0 Å². The highest BCUT2D eigenvalue weighted by atomic mass is 79.9. The van der Waals surface area contributed by atoms with Crippen molar-refractivity contribution in [2.75, 3.05) is 17.2 Å². The van der Waals surface area contributed by atoms with E-state index in [2.05, 4.69) is 38.5 Å². The molecule has 110 valence electrons. The number of aromatic nitrogens is 1. The number of carbonyl (C=O) groups excluding carboxylic acids is 1. The molecule has 2 N–H and O–H groups in total. The molecule has 21 heavy (non-hydrogen) atoms. The van der Waals surface area contributed by atoms with E-state index >= 15 is 0 Å². The third kappa shape index (κ3) is 4.44. The summed E-state index contributed by atoms with van der Waals surface area (Å²) in [6, 6.07) is 8.77. The van der Waals surface area contributed by atoms with Gasteiger partial charge in [0.15, 0.2) is 0 Å². The number of rotatable bonds is 5. The summed E-state index contributed by atoms with van der Waals surface area (Å²) in [5.74, 6) is -0.280. The van der Waals surface area contributed by atoms with Crippen molar-refractivity contribution >= 4 is 44.8 Å². The van der Waals surface area contributed by atoms with Crippen LogP contribution in [0.15, 0.2) is 41.0 Å². The van der Waals surface area contributed by atoms with Gasteiger partial charge in [0.1, 0.15) is 5.69 Å². The molecule has 2 rings (SSSR count). The molecule has 0 bridgehead atoms. The quantitative estimate of drug-likeness (QED) is 0.812. The molecule has 0 spiro atoms. The number of benzene rings is 1. The molecule has 0 saturated carbocycles. The second-order valence-corrected chi connectivity index (χ2v) is 5.73. The lowest BCUT2D eigenvalue weighted by atomic mass is 10.2. The number of nitrogens with one attached hydrogen (secondary N) is 2. The van der Waals surface area contributed by atoms with Crippen molar-refractivity contribution in [2.45, 2.75) is 13.3 Å². The van der Waals surface area contributed by atoms with Crippen LogP contribution in [0.5, 0.6) is 0 Å². The average Bonchev–Trinajstić information content (AvgIpc) is 2.49. The first kappa shape index (κ1) is 15.8. The maximum absolute atomic E-state index is 12.2. The van der Waals surface area contributed by atoms with Gasteiger partial charge in [0.2, 0.25) is 0 Å². The summed E-state index contributed by atoms with van der Waals surface area (Å²) in [7, 11) is 0. The van der Waals surface area contributed by atoms with Crippen molar-refractivity contribution in [1.82, 2.24) is 4.98 Å². The number of amides is 1. The van der Waals surface area contributed by atoms with Gasteiger partial charge in [-0.15, -0.1) is 0 Å². The predicted molar refractivity (Wildman–Crippen MR) is 90.1 cm³/mol. The Bertz CT molecular complexity index is 649. The first-order valence-corrected chi connectivity index (χ1v) is 7.73. The zero-order valence-corrected chi connectivity index (χ0v) is 13.8. The summed E-state index contributed by atoms with van der Waals surface area (Å²) in [5, 5.41) is 6.57. The average molecular weight is 369 g/mol. The van der Waals surface area contributed by atoms with Gasteiger partial charge in [-0.05, 0) is 52.7 Å². The van der Waals surface area contributed by atoms with Gasteiger partial charge in [-0.2, -0.15) is 0 Å². The van der Waals surface area contributed by atoms with Crippen molar-refractivity contribution in [3.05, 3.63) is 51.7 Å². The van der Waals surface area contributed by atoms with E-state index in [0.29, 0.717) is 16.4 Å². The Balaban J connectivity index is 2.14. The van der Waals surface area contributed by atoms with E-state index in [1.807, 2.05) is 6.07 Å². The molecule has 0 radical (unpaired) electrons. The van der Waals surface area contributed by atoms with Gasteiger partial charge in [-0.25, -0.2) is 0 Å². The van der Waals surface area contributed by atoms with Crippen LogP contribution in [0.2, 0.25) is 5.02 Å². The number of hydrogen-bond acceptors (Lipinski definition) is 3. The summed E-state index contributed by atoms with van der Waals surface area (Å²) in [5.41, 5.74) is 1.84. The molecule has 1 aromatic carbocycles. The molecule has 1 aromatic heterocycles. The van der Waals surface area contributed by atoms with Crippen LogP contribution >= 0.6 is 27.5 Å². The molecule has 0 fully saturated rings. The van der Waals surface area contributed by atoms with Gasteiger partial charge in [-0.3, -0.25) is 9.78 Å². The van der Waals surface area contributed by atoms with Gasteiger partial charge in [0.25, 0.3) is 5.91 Å². The van der Waals surface area contributed by atoms with Gasteiger partial charge in [0.05, 0.1) is 5.69 Å². The normalized spacial score (nSPS) is 10.2. The van der Waals surface area contributed by atoms with Crippen LogP contribution in [0.1, 0.15) is 23.8 Å². The number of carbonyl (C=O) groups is 1. The van der Waals surface area contributed by atoms with Crippen molar-refractivity contribution in [3.63, 3.8) is 0 Å². The van der Waals surface area contributed by atoms with Crippen molar-refractivity contribution in [1.29, 1.82) is 0 Å². The molecule has 0 aliphatic carbocycles. The maximum atomic E-state index is 12.2. The van der Waals surface area contributed by atoms with Crippen LogP contribution in [0.4, 0.5) is 11.4 Å². The van der Waals surface area contributed by atoms with E-state index < -0.39 is 0 Å². The van der Waals surface area contributed by atoms with Crippen LogP contribution < -0.4 is 10.6 Å². The van der Waals surface area contributed by atoms with Crippen LogP contribution in [0.3, 0.4) is 0 Å². The molecule has 0 atom stereocenters. The van der Waals surface area contributed by atoms with Gasteiger partial charge < -0.3 is 10.6 Å². The molecular formula is C15H15BrClN3O. The fourth-order valence-electron chi connectivity index (χ4n) is 1.71. The number of halogens is 2. The second kappa shape index (κ2) is 7.43. The zero-order valence-electron chi connectivity index (χ0n) is 11.5. The molecule has 0 aliphatic rings. The highest BCUT2D eigenvalue weighted by Gasteiger charge is 2.10. The molecule has 1 heterocycles. The van der Waals surface area contributed by atoms with Crippen molar-refractivity contribution in [3.8, 4) is 0 Å². The molecule has 2 aromatic rings. The summed E-state index contributed by atoms with van der Waals surface area (Å²) in [6.07, 6.45) is 2.62. The van der Waals surface area contributed by atoms with Gasteiger partial charge >= 0.3 is 0 Å².